The van der Waals surface area contributed by atoms with Crippen molar-refractivity contribution < 1.29 is 14.3 Å². The van der Waals surface area contributed by atoms with Crippen molar-refractivity contribution in [1.29, 1.82) is 0 Å². The highest BCUT2D eigenvalue weighted by atomic mass is 16.5. The summed E-state index contributed by atoms with van der Waals surface area (Å²) in [5, 5.41) is 0. The van der Waals surface area contributed by atoms with Crippen LogP contribution in [0.25, 0.3) is 11.3 Å². The molecule has 4 nitrogen and oxygen atoms in total. The lowest BCUT2D eigenvalue weighted by atomic mass is 10.0. The Labute approximate surface area is 206 Å². The van der Waals surface area contributed by atoms with Crippen molar-refractivity contribution in [2.75, 3.05) is 13.2 Å². The van der Waals surface area contributed by atoms with Crippen molar-refractivity contribution in [2.24, 2.45) is 0 Å². The molecule has 0 fully saturated rings. The first-order chi connectivity index (χ1) is 16.7. The lowest BCUT2D eigenvalue weighted by Crippen LogP contribution is -2.04. The van der Waals surface area contributed by atoms with E-state index in [2.05, 4.69) is 43.1 Å². The molecule has 0 spiro atoms. The van der Waals surface area contributed by atoms with Crippen molar-refractivity contribution in [2.45, 2.75) is 90.9 Å². The Kier molecular flexibility index (Phi) is 14.7. The number of esters is 1. The zero-order chi connectivity index (χ0) is 24.3. The molecule has 0 aliphatic rings. The van der Waals surface area contributed by atoms with Gasteiger partial charge in [0.25, 0.3) is 0 Å². The van der Waals surface area contributed by atoms with Crippen molar-refractivity contribution in [3.8, 4) is 17.0 Å². The van der Waals surface area contributed by atoms with E-state index in [4.69, 9.17) is 9.47 Å². The molecule has 1 heterocycles. The number of carbonyl (C=O) groups excluding carboxylic acids is 1. The van der Waals surface area contributed by atoms with Gasteiger partial charge in [0.1, 0.15) is 5.75 Å². The second-order valence-electron chi connectivity index (χ2n) is 8.88. The number of hydrogen-bond donors (Lipinski definition) is 0. The summed E-state index contributed by atoms with van der Waals surface area (Å²) < 4.78 is 10.9. The van der Waals surface area contributed by atoms with Gasteiger partial charge in [-0.2, -0.15) is 0 Å². The van der Waals surface area contributed by atoms with E-state index >= 15 is 0 Å². The van der Waals surface area contributed by atoms with Gasteiger partial charge >= 0.3 is 5.97 Å². The number of pyridine rings is 1. The second-order valence-corrected chi connectivity index (χ2v) is 8.88. The topological polar surface area (TPSA) is 48.4 Å². The normalized spacial score (nSPS) is 11.2. The maximum atomic E-state index is 12.0. The lowest BCUT2D eigenvalue weighted by molar-refractivity contribution is -0.129. The van der Waals surface area contributed by atoms with Gasteiger partial charge in [0.2, 0.25) is 0 Å². The van der Waals surface area contributed by atoms with Crippen LogP contribution in [-0.4, -0.2) is 24.2 Å². The van der Waals surface area contributed by atoms with Gasteiger partial charge in [-0.1, -0.05) is 82.7 Å². The van der Waals surface area contributed by atoms with Crippen LogP contribution in [0, 0.1) is 0 Å². The standard InChI is InChI=1S/C30H43NO3/c1-3-5-6-7-8-9-10-13-16-30(32)34-28-21-22-29(31-25-28)27-19-17-26(18-20-27)15-12-11-14-24-33-23-4-2/h13,16-22,25H,3-12,14-15,23-24H2,1-2H3/b16-13+. The summed E-state index contributed by atoms with van der Waals surface area (Å²) in [5.41, 5.74) is 3.28. The van der Waals surface area contributed by atoms with Gasteiger partial charge in [-0.25, -0.2) is 4.79 Å². The molecule has 0 saturated heterocycles. The van der Waals surface area contributed by atoms with Gasteiger partial charge in [-0.05, 0) is 56.2 Å². The van der Waals surface area contributed by atoms with Gasteiger partial charge in [-0.3, -0.25) is 4.98 Å². The third kappa shape index (κ3) is 12.1. The van der Waals surface area contributed by atoms with Crippen LogP contribution in [0.3, 0.4) is 0 Å². The van der Waals surface area contributed by atoms with Crippen LogP contribution in [0.1, 0.15) is 90.0 Å². The fourth-order valence-corrected chi connectivity index (χ4v) is 3.78. The highest BCUT2D eigenvalue weighted by Gasteiger charge is 2.04. The number of carbonyl (C=O) groups is 1. The minimum absolute atomic E-state index is 0.346. The largest absolute Gasteiger partial charge is 0.422 e. The number of aryl methyl sites for hydroxylation is 1. The van der Waals surface area contributed by atoms with Crippen LogP contribution in [0.2, 0.25) is 0 Å². The zero-order valence-electron chi connectivity index (χ0n) is 21.3. The monoisotopic (exact) mass is 465 g/mol. The number of ether oxygens (including phenoxy) is 2. The summed E-state index contributed by atoms with van der Waals surface area (Å²) in [7, 11) is 0. The van der Waals surface area contributed by atoms with Crippen molar-refractivity contribution in [1.82, 2.24) is 4.98 Å². The molecule has 0 bridgehead atoms. The Morgan fingerprint density at radius 2 is 1.59 bits per heavy atom. The summed E-state index contributed by atoms with van der Waals surface area (Å²) in [5.74, 6) is 0.124. The number of rotatable bonds is 18. The number of unbranched alkanes of at least 4 members (excludes halogenated alkanes) is 8. The van der Waals surface area contributed by atoms with E-state index < -0.39 is 0 Å². The Hall–Kier alpha value is -2.46. The summed E-state index contributed by atoms with van der Waals surface area (Å²) in [4.78, 5) is 16.5. The Morgan fingerprint density at radius 3 is 2.32 bits per heavy atom. The minimum atomic E-state index is -0.346. The SMILES string of the molecule is CCCCCCCC/C=C/C(=O)Oc1ccc(-c2ccc(CCCCCOCCC)cc2)nc1. The molecule has 0 amide bonds. The maximum Gasteiger partial charge on any atom is 0.335 e. The summed E-state index contributed by atoms with van der Waals surface area (Å²) in [6, 6.07) is 12.3. The number of nitrogens with zero attached hydrogens (tertiary/aromatic N) is 1. The Balaban J connectivity index is 1.68. The van der Waals surface area contributed by atoms with Gasteiger partial charge < -0.3 is 9.47 Å². The Bertz CT molecular complexity index is 812. The number of allylic oxidation sites excluding steroid dienone is 1. The third-order valence-corrected chi connectivity index (χ3v) is 5.79. The molecule has 0 radical (unpaired) electrons. The first-order valence-electron chi connectivity index (χ1n) is 13.2. The van der Waals surface area contributed by atoms with E-state index in [1.165, 1.54) is 56.6 Å². The van der Waals surface area contributed by atoms with Crippen molar-refractivity contribution >= 4 is 5.97 Å². The van der Waals surface area contributed by atoms with Crippen molar-refractivity contribution in [3.05, 3.63) is 60.3 Å². The quantitative estimate of drug-likeness (QED) is 0.127. The number of hydrogen-bond acceptors (Lipinski definition) is 4. The summed E-state index contributed by atoms with van der Waals surface area (Å²) in [6.45, 7) is 6.11. The fourth-order valence-electron chi connectivity index (χ4n) is 3.78. The summed E-state index contributed by atoms with van der Waals surface area (Å²) in [6.07, 6.45) is 19.2. The van der Waals surface area contributed by atoms with Gasteiger partial charge in [0.05, 0.1) is 11.9 Å². The first-order valence-corrected chi connectivity index (χ1v) is 13.2. The van der Waals surface area contributed by atoms with Gasteiger partial charge in [0, 0.05) is 24.9 Å². The van der Waals surface area contributed by atoms with Crippen molar-refractivity contribution in [3.63, 3.8) is 0 Å². The van der Waals surface area contributed by atoms with E-state index in [0.717, 1.165) is 56.6 Å². The molecule has 1 aromatic carbocycles. The van der Waals surface area contributed by atoms with Crippen LogP contribution in [-0.2, 0) is 16.0 Å². The highest BCUT2D eigenvalue weighted by Crippen LogP contribution is 2.21. The van der Waals surface area contributed by atoms with Crippen LogP contribution in [0.15, 0.2) is 54.7 Å². The molecule has 0 unspecified atom stereocenters. The van der Waals surface area contributed by atoms with E-state index in [0.29, 0.717) is 5.75 Å². The maximum absolute atomic E-state index is 12.0. The average Bonchev–Trinajstić information content (AvgIpc) is 2.86. The highest BCUT2D eigenvalue weighted by molar-refractivity contribution is 5.84. The molecule has 2 rings (SSSR count). The molecule has 0 N–H and O–H groups in total. The van der Waals surface area contributed by atoms with Crippen LogP contribution < -0.4 is 4.74 Å². The molecule has 0 atom stereocenters. The average molecular weight is 466 g/mol. The van der Waals surface area contributed by atoms with Gasteiger partial charge in [-0.15, -0.1) is 0 Å². The van der Waals surface area contributed by atoms with E-state index in [-0.39, 0.29) is 5.97 Å². The molecule has 4 heteroatoms. The minimum Gasteiger partial charge on any atom is -0.422 e. The molecular weight excluding hydrogens is 422 g/mol. The number of aromatic nitrogens is 1. The van der Waals surface area contributed by atoms with Crippen LogP contribution >= 0.6 is 0 Å². The molecule has 0 aliphatic heterocycles. The molecule has 0 saturated carbocycles. The number of benzene rings is 1. The predicted molar refractivity (Wildman–Crippen MR) is 141 cm³/mol. The molecule has 2 aromatic rings. The first kappa shape index (κ1) is 27.8. The molecule has 1 aromatic heterocycles. The molecule has 34 heavy (non-hydrogen) atoms. The van der Waals surface area contributed by atoms with E-state index in [1.54, 1.807) is 12.3 Å². The Morgan fingerprint density at radius 1 is 0.824 bits per heavy atom. The van der Waals surface area contributed by atoms with Crippen LogP contribution in [0.4, 0.5) is 0 Å². The van der Waals surface area contributed by atoms with Gasteiger partial charge in [0.15, 0.2) is 0 Å². The summed E-state index contributed by atoms with van der Waals surface area (Å²) >= 11 is 0. The molecule has 0 aliphatic carbocycles. The van der Waals surface area contributed by atoms with E-state index in [1.807, 2.05) is 12.1 Å². The molecular formula is C30H43NO3. The third-order valence-electron chi connectivity index (χ3n) is 5.79. The smallest absolute Gasteiger partial charge is 0.335 e. The lowest BCUT2D eigenvalue weighted by Gasteiger charge is -2.06. The van der Waals surface area contributed by atoms with E-state index in [9.17, 15) is 4.79 Å². The molecule has 186 valence electrons. The zero-order valence-corrected chi connectivity index (χ0v) is 21.3. The van der Waals surface area contributed by atoms with Crippen LogP contribution in [0.5, 0.6) is 5.75 Å². The predicted octanol–water partition coefficient (Wildman–Crippen LogP) is 8.10. The second kappa shape index (κ2) is 17.9. The fraction of sp³-hybridized carbons (Fsp3) is 0.533.